The van der Waals surface area contributed by atoms with Crippen molar-refractivity contribution in [3.63, 3.8) is 0 Å². The molecule has 0 bridgehead atoms. The van der Waals surface area contributed by atoms with Crippen LogP contribution < -0.4 is 4.72 Å². The van der Waals surface area contributed by atoms with Crippen LogP contribution >= 0.6 is 11.6 Å². The summed E-state index contributed by atoms with van der Waals surface area (Å²) in [7, 11) is -3.61. The van der Waals surface area contributed by atoms with Crippen molar-refractivity contribution in [1.82, 2.24) is 9.62 Å². The maximum Gasteiger partial charge on any atom is 0.234 e. The molecule has 7 heteroatoms. The molecule has 2 aromatic carbocycles. The van der Waals surface area contributed by atoms with Crippen LogP contribution in [-0.4, -0.2) is 46.2 Å². The number of nitrogens with one attached hydrogen (secondary N) is 1. The Kier molecular flexibility index (Phi) is 7.04. The number of hydrogen-bond acceptors (Lipinski definition) is 4. The van der Waals surface area contributed by atoms with E-state index in [9.17, 15) is 8.42 Å². The van der Waals surface area contributed by atoms with Gasteiger partial charge in [-0.3, -0.25) is 4.90 Å². The van der Waals surface area contributed by atoms with E-state index in [-0.39, 0.29) is 6.04 Å². The molecular weight excluding hydrogens is 384 g/mol. The molecule has 1 atom stereocenters. The van der Waals surface area contributed by atoms with Crippen molar-refractivity contribution in [2.45, 2.75) is 6.04 Å². The van der Waals surface area contributed by atoms with Crippen molar-refractivity contribution >= 4 is 27.7 Å². The molecule has 0 amide bonds. The average molecular weight is 407 g/mol. The van der Waals surface area contributed by atoms with Gasteiger partial charge in [-0.1, -0.05) is 54.1 Å². The van der Waals surface area contributed by atoms with E-state index < -0.39 is 10.0 Å². The highest BCUT2D eigenvalue weighted by Crippen LogP contribution is 2.17. The molecule has 0 spiro atoms. The molecule has 1 aliphatic heterocycles. The lowest BCUT2D eigenvalue weighted by Gasteiger charge is -2.30. The Bertz CT molecular complexity index is 849. The van der Waals surface area contributed by atoms with Crippen LogP contribution in [0.4, 0.5) is 0 Å². The van der Waals surface area contributed by atoms with Gasteiger partial charge in [-0.15, -0.1) is 0 Å². The van der Waals surface area contributed by atoms with E-state index >= 15 is 0 Å². The van der Waals surface area contributed by atoms with Crippen LogP contribution in [0.1, 0.15) is 17.2 Å². The highest BCUT2D eigenvalue weighted by atomic mass is 35.5. The van der Waals surface area contributed by atoms with Gasteiger partial charge in [0.15, 0.2) is 0 Å². The summed E-state index contributed by atoms with van der Waals surface area (Å²) in [5.41, 5.74) is 1.71. The molecule has 5 nitrogen and oxygen atoms in total. The van der Waals surface area contributed by atoms with Crippen molar-refractivity contribution in [3.05, 3.63) is 76.2 Å². The van der Waals surface area contributed by atoms with E-state index in [0.717, 1.165) is 24.2 Å². The first-order valence-corrected chi connectivity index (χ1v) is 10.8. The van der Waals surface area contributed by atoms with E-state index in [1.807, 2.05) is 30.3 Å². The Morgan fingerprint density at radius 2 is 1.74 bits per heavy atom. The number of hydrogen-bond donors (Lipinski definition) is 1. The quantitative estimate of drug-likeness (QED) is 0.766. The van der Waals surface area contributed by atoms with Crippen LogP contribution in [0.5, 0.6) is 0 Å². The summed E-state index contributed by atoms with van der Waals surface area (Å²) < 4.78 is 33.5. The van der Waals surface area contributed by atoms with E-state index in [1.54, 1.807) is 30.3 Å². The number of rotatable bonds is 7. The van der Waals surface area contributed by atoms with Crippen molar-refractivity contribution < 1.29 is 13.2 Å². The largest absolute Gasteiger partial charge is 0.379 e. The SMILES string of the molecule is O=S(=O)(/C=C/c1ccc(Cl)cc1)N[C@H](CN1CCOCC1)c1ccccc1. The lowest BCUT2D eigenvalue weighted by atomic mass is 10.1. The Morgan fingerprint density at radius 1 is 1.07 bits per heavy atom. The standard InChI is InChI=1S/C20H23ClN2O3S/c21-19-8-6-17(7-9-19)10-15-27(24,25)22-20(18-4-2-1-3-5-18)16-23-11-13-26-14-12-23/h1-10,15,20,22H,11-14,16H2/b15-10+/t20-/m1/s1. The number of ether oxygens (including phenoxy) is 1. The normalized spacial score (nSPS) is 17.2. The van der Waals surface area contributed by atoms with Crippen molar-refractivity contribution in [1.29, 1.82) is 0 Å². The van der Waals surface area contributed by atoms with Gasteiger partial charge in [-0.2, -0.15) is 0 Å². The molecule has 0 unspecified atom stereocenters. The van der Waals surface area contributed by atoms with Gasteiger partial charge in [0.2, 0.25) is 10.0 Å². The molecular formula is C20H23ClN2O3S. The Labute approximate surface area is 165 Å². The molecule has 0 saturated carbocycles. The fourth-order valence-electron chi connectivity index (χ4n) is 2.92. The monoisotopic (exact) mass is 406 g/mol. The predicted octanol–water partition coefficient (Wildman–Crippen LogP) is 3.30. The number of sulfonamides is 1. The van der Waals surface area contributed by atoms with Crippen LogP contribution in [0.15, 0.2) is 60.0 Å². The number of benzene rings is 2. The zero-order valence-electron chi connectivity index (χ0n) is 14.9. The average Bonchev–Trinajstić information content (AvgIpc) is 2.68. The van der Waals surface area contributed by atoms with Crippen molar-refractivity contribution in [3.8, 4) is 0 Å². The molecule has 3 rings (SSSR count). The number of nitrogens with zero attached hydrogens (tertiary/aromatic N) is 1. The number of morpholine rings is 1. The minimum atomic E-state index is -3.61. The number of halogens is 1. The molecule has 1 N–H and O–H groups in total. The first-order valence-electron chi connectivity index (χ1n) is 8.83. The molecule has 1 aliphatic rings. The Balaban J connectivity index is 1.74. The van der Waals surface area contributed by atoms with Crippen LogP contribution in [0.2, 0.25) is 5.02 Å². The lowest BCUT2D eigenvalue weighted by Crippen LogP contribution is -2.42. The zero-order chi connectivity index (χ0) is 19.1. The highest BCUT2D eigenvalue weighted by Gasteiger charge is 2.22. The molecule has 0 aliphatic carbocycles. The van der Waals surface area contributed by atoms with Crippen molar-refractivity contribution in [2.24, 2.45) is 0 Å². The third kappa shape index (κ3) is 6.45. The van der Waals surface area contributed by atoms with Crippen LogP contribution in [0, 0.1) is 0 Å². The van der Waals surface area contributed by atoms with Crippen molar-refractivity contribution in [2.75, 3.05) is 32.8 Å². The van der Waals surface area contributed by atoms with Gasteiger partial charge in [0.05, 0.1) is 19.3 Å². The first-order chi connectivity index (χ1) is 13.0. The van der Waals surface area contributed by atoms with Gasteiger partial charge >= 0.3 is 0 Å². The highest BCUT2D eigenvalue weighted by molar-refractivity contribution is 7.92. The minimum absolute atomic E-state index is 0.329. The molecule has 1 fully saturated rings. The summed E-state index contributed by atoms with van der Waals surface area (Å²) in [6, 6.07) is 16.3. The van der Waals surface area contributed by atoms with Gasteiger partial charge in [0.1, 0.15) is 0 Å². The van der Waals surface area contributed by atoms with Gasteiger partial charge in [0, 0.05) is 30.1 Å². The second kappa shape index (κ2) is 9.48. The smallest absolute Gasteiger partial charge is 0.234 e. The van der Waals surface area contributed by atoms with E-state index in [2.05, 4.69) is 9.62 Å². The van der Waals surface area contributed by atoms with E-state index in [4.69, 9.17) is 16.3 Å². The molecule has 27 heavy (non-hydrogen) atoms. The summed E-state index contributed by atoms with van der Waals surface area (Å²) in [6.07, 6.45) is 1.56. The maximum absolute atomic E-state index is 12.6. The van der Waals surface area contributed by atoms with Crippen LogP contribution in [0.3, 0.4) is 0 Å². The van der Waals surface area contributed by atoms with Gasteiger partial charge in [-0.25, -0.2) is 13.1 Å². The Hall–Kier alpha value is -1.70. The topological polar surface area (TPSA) is 58.6 Å². The fourth-order valence-corrected chi connectivity index (χ4v) is 4.07. The maximum atomic E-state index is 12.6. The summed E-state index contributed by atoms with van der Waals surface area (Å²) in [5, 5.41) is 1.81. The molecule has 2 aromatic rings. The second-order valence-electron chi connectivity index (χ2n) is 6.39. The summed E-state index contributed by atoms with van der Waals surface area (Å²) in [4.78, 5) is 2.21. The molecule has 1 saturated heterocycles. The fraction of sp³-hybridized carbons (Fsp3) is 0.300. The second-order valence-corrected chi connectivity index (χ2v) is 8.43. The third-order valence-corrected chi connectivity index (χ3v) is 5.72. The summed E-state index contributed by atoms with van der Waals surface area (Å²) in [5.74, 6) is 0. The molecule has 0 aromatic heterocycles. The molecule has 144 valence electrons. The summed E-state index contributed by atoms with van der Waals surface area (Å²) in [6.45, 7) is 3.54. The zero-order valence-corrected chi connectivity index (χ0v) is 16.5. The third-order valence-electron chi connectivity index (χ3n) is 4.36. The first kappa shape index (κ1) is 20.0. The van der Waals surface area contributed by atoms with Gasteiger partial charge in [0.25, 0.3) is 0 Å². The minimum Gasteiger partial charge on any atom is -0.379 e. The van der Waals surface area contributed by atoms with Gasteiger partial charge in [-0.05, 0) is 29.3 Å². The van der Waals surface area contributed by atoms with Gasteiger partial charge < -0.3 is 4.74 Å². The summed E-state index contributed by atoms with van der Waals surface area (Å²) >= 11 is 5.86. The predicted molar refractivity (Wildman–Crippen MR) is 109 cm³/mol. The van der Waals surface area contributed by atoms with Crippen LogP contribution in [0.25, 0.3) is 6.08 Å². The van der Waals surface area contributed by atoms with E-state index in [0.29, 0.717) is 24.8 Å². The van der Waals surface area contributed by atoms with E-state index in [1.165, 1.54) is 5.41 Å². The molecule has 0 radical (unpaired) electrons. The lowest BCUT2D eigenvalue weighted by molar-refractivity contribution is 0.0345. The molecule has 1 heterocycles. The Morgan fingerprint density at radius 3 is 2.41 bits per heavy atom. The van der Waals surface area contributed by atoms with Crippen LogP contribution in [-0.2, 0) is 14.8 Å².